The molecule has 0 aliphatic carbocycles. The van der Waals surface area contributed by atoms with Gasteiger partial charge in [0.15, 0.2) is 0 Å². The highest BCUT2D eigenvalue weighted by Crippen LogP contribution is 2.16. The molecule has 1 heterocycles. The van der Waals surface area contributed by atoms with Gasteiger partial charge in [0.1, 0.15) is 0 Å². The molecular formula is C8H11BrN2O. The van der Waals surface area contributed by atoms with Crippen LogP contribution in [0.25, 0.3) is 0 Å². The van der Waals surface area contributed by atoms with Crippen LogP contribution >= 0.6 is 15.9 Å². The van der Waals surface area contributed by atoms with Gasteiger partial charge >= 0.3 is 0 Å². The zero-order valence-corrected chi connectivity index (χ0v) is 8.37. The topological polar surface area (TPSA) is 59.1 Å². The zero-order valence-electron chi connectivity index (χ0n) is 6.79. The van der Waals surface area contributed by atoms with E-state index in [1.807, 2.05) is 13.0 Å². The van der Waals surface area contributed by atoms with E-state index in [2.05, 4.69) is 20.9 Å². The molecule has 0 bridgehead atoms. The molecule has 1 aromatic heterocycles. The van der Waals surface area contributed by atoms with Gasteiger partial charge in [-0.15, -0.1) is 0 Å². The number of halogens is 1. The first-order valence-corrected chi connectivity index (χ1v) is 4.43. The van der Waals surface area contributed by atoms with E-state index < -0.39 is 0 Å². The molecule has 1 rings (SSSR count). The van der Waals surface area contributed by atoms with Crippen molar-refractivity contribution >= 4 is 15.9 Å². The fourth-order valence-electron chi connectivity index (χ4n) is 1.03. The second-order valence-corrected chi connectivity index (χ2v) is 3.56. The lowest BCUT2D eigenvalue weighted by molar-refractivity contribution is 0.265. The normalized spacial score (nSPS) is 13.0. The Kier molecular flexibility index (Phi) is 3.20. The molecule has 0 amide bonds. The van der Waals surface area contributed by atoms with Gasteiger partial charge in [-0.3, -0.25) is 4.98 Å². The van der Waals surface area contributed by atoms with E-state index in [-0.39, 0.29) is 12.6 Å². The Morgan fingerprint density at radius 2 is 2.42 bits per heavy atom. The van der Waals surface area contributed by atoms with Crippen LogP contribution in [0.4, 0.5) is 0 Å². The summed E-state index contributed by atoms with van der Waals surface area (Å²) in [6.45, 7) is 1.85. The smallest absolute Gasteiger partial charge is 0.0707 e. The Balaban J connectivity index is 3.01. The molecule has 0 fully saturated rings. The Morgan fingerprint density at radius 3 is 2.92 bits per heavy atom. The lowest BCUT2D eigenvalue weighted by Gasteiger charge is -2.10. The largest absolute Gasteiger partial charge is 0.394 e. The van der Waals surface area contributed by atoms with E-state index in [1.165, 1.54) is 0 Å². The quantitative estimate of drug-likeness (QED) is 0.802. The molecule has 0 saturated heterocycles. The SMILES string of the molecule is Cc1cc(Br)cnc1[C@H](N)CO. The van der Waals surface area contributed by atoms with Crippen LogP contribution in [0, 0.1) is 6.92 Å². The summed E-state index contributed by atoms with van der Waals surface area (Å²) in [5.41, 5.74) is 7.36. The van der Waals surface area contributed by atoms with Crippen LogP contribution in [0.3, 0.4) is 0 Å². The summed E-state index contributed by atoms with van der Waals surface area (Å²) in [4.78, 5) is 4.12. The van der Waals surface area contributed by atoms with E-state index in [4.69, 9.17) is 10.8 Å². The van der Waals surface area contributed by atoms with Gasteiger partial charge in [0.05, 0.1) is 18.3 Å². The molecule has 0 unspecified atom stereocenters. The summed E-state index contributed by atoms with van der Waals surface area (Å²) >= 11 is 3.30. The summed E-state index contributed by atoms with van der Waals surface area (Å²) in [5, 5.41) is 8.81. The molecular weight excluding hydrogens is 220 g/mol. The number of aromatic nitrogens is 1. The Bertz CT molecular complexity index is 278. The molecule has 1 atom stereocenters. The molecule has 0 spiro atoms. The fraction of sp³-hybridized carbons (Fsp3) is 0.375. The van der Waals surface area contributed by atoms with Crippen LogP contribution in [0.15, 0.2) is 16.7 Å². The van der Waals surface area contributed by atoms with Crippen molar-refractivity contribution in [1.29, 1.82) is 0 Å². The molecule has 12 heavy (non-hydrogen) atoms. The van der Waals surface area contributed by atoms with Gasteiger partial charge < -0.3 is 10.8 Å². The van der Waals surface area contributed by atoms with Crippen LogP contribution in [-0.4, -0.2) is 16.7 Å². The molecule has 3 nitrogen and oxygen atoms in total. The zero-order chi connectivity index (χ0) is 9.14. The second kappa shape index (κ2) is 3.98. The Labute approximate surface area is 79.7 Å². The minimum absolute atomic E-state index is 0.0739. The van der Waals surface area contributed by atoms with E-state index in [1.54, 1.807) is 6.20 Å². The van der Waals surface area contributed by atoms with Crippen molar-refractivity contribution in [2.45, 2.75) is 13.0 Å². The predicted octanol–water partition coefficient (Wildman–Crippen LogP) is 1.14. The van der Waals surface area contributed by atoms with Crippen LogP contribution < -0.4 is 5.73 Å². The summed E-state index contributed by atoms with van der Waals surface area (Å²) in [5.74, 6) is 0. The van der Waals surface area contributed by atoms with Gasteiger partial charge in [-0.25, -0.2) is 0 Å². The number of nitrogens with two attached hydrogens (primary N) is 1. The van der Waals surface area contributed by atoms with Crippen LogP contribution in [0.2, 0.25) is 0 Å². The first-order chi connectivity index (χ1) is 5.65. The number of rotatable bonds is 2. The third kappa shape index (κ3) is 2.03. The van der Waals surface area contributed by atoms with Crippen molar-refractivity contribution in [3.05, 3.63) is 28.0 Å². The Hall–Kier alpha value is -0.450. The summed E-state index contributed by atoms with van der Waals surface area (Å²) in [6, 6.07) is 1.55. The number of pyridine rings is 1. The lowest BCUT2D eigenvalue weighted by Crippen LogP contribution is -2.17. The molecule has 0 aliphatic heterocycles. The first kappa shape index (κ1) is 9.64. The summed E-state index contributed by atoms with van der Waals surface area (Å²) in [6.07, 6.45) is 1.68. The number of aliphatic hydroxyl groups excluding tert-OH is 1. The molecule has 4 heteroatoms. The van der Waals surface area contributed by atoms with Gasteiger partial charge in [0.25, 0.3) is 0 Å². The van der Waals surface area contributed by atoms with Gasteiger partial charge in [0, 0.05) is 10.7 Å². The van der Waals surface area contributed by atoms with Crippen molar-refractivity contribution < 1.29 is 5.11 Å². The highest BCUT2D eigenvalue weighted by atomic mass is 79.9. The van der Waals surface area contributed by atoms with E-state index in [9.17, 15) is 0 Å². The van der Waals surface area contributed by atoms with Crippen molar-refractivity contribution in [3.63, 3.8) is 0 Å². The highest BCUT2D eigenvalue weighted by molar-refractivity contribution is 9.10. The predicted molar refractivity (Wildman–Crippen MR) is 50.7 cm³/mol. The maximum Gasteiger partial charge on any atom is 0.0707 e. The molecule has 0 radical (unpaired) electrons. The standard InChI is InChI=1S/C8H11BrN2O/c1-5-2-6(9)3-11-8(5)7(10)4-12/h2-3,7,12H,4,10H2,1H3/t7-/m1/s1. The van der Waals surface area contributed by atoms with Gasteiger partial charge in [0.2, 0.25) is 0 Å². The highest BCUT2D eigenvalue weighted by Gasteiger charge is 2.08. The first-order valence-electron chi connectivity index (χ1n) is 3.63. The van der Waals surface area contributed by atoms with Crippen molar-refractivity contribution in [2.24, 2.45) is 5.73 Å². The van der Waals surface area contributed by atoms with E-state index >= 15 is 0 Å². The minimum atomic E-state index is -0.377. The van der Waals surface area contributed by atoms with Gasteiger partial charge in [-0.1, -0.05) is 0 Å². The van der Waals surface area contributed by atoms with Gasteiger partial charge in [-0.2, -0.15) is 0 Å². The number of aryl methyl sites for hydroxylation is 1. The van der Waals surface area contributed by atoms with Crippen molar-refractivity contribution in [2.75, 3.05) is 6.61 Å². The molecule has 3 N–H and O–H groups in total. The molecule has 1 aromatic rings. The van der Waals surface area contributed by atoms with Crippen LogP contribution in [-0.2, 0) is 0 Å². The number of aliphatic hydroxyl groups is 1. The molecule has 0 aromatic carbocycles. The average molecular weight is 231 g/mol. The third-order valence-corrected chi connectivity index (χ3v) is 2.07. The second-order valence-electron chi connectivity index (χ2n) is 2.64. The molecule has 66 valence electrons. The molecule has 0 aliphatic rings. The molecule has 0 saturated carbocycles. The average Bonchev–Trinajstić information content (AvgIpc) is 2.03. The number of nitrogens with zero attached hydrogens (tertiary/aromatic N) is 1. The number of hydrogen-bond acceptors (Lipinski definition) is 3. The maximum absolute atomic E-state index is 8.81. The van der Waals surface area contributed by atoms with Crippen LogP contribution in [0.5, 0.6) is 0 Å². The lowest BCUT2D eigenvalue weighted by atomic mass is 10.1. The van der Waals surface area contributed by atoms with Crippen molar-refractivity contribution in [3.8, 4) is 0 Å². The van der Waals surface area contributed by atoms with Gasteiger partial charge in [-0.05, 0) is 34.5 Å². The minimum Gasteiger partial charge on any atom is -0.394 e. The van der Waals surface area contributed by atoms with Crippen molar-refractivity contribution in [1.82, 2.24) is 4.98 Å². The monoisotopic (exact) mass is 230 g/mol. The summed E-state index contributed by atoms with van der Waals surface area (Å²) in [7, 11) is 0. The maximum atomic E-state index is 8.81. The van der Waals surface area contributed by atoms with E-state index in [0.717, 1.165) is 15.7 Å². The Morgan fingerprint density at radius 1 is 1.75 bits per heavy atom. The number of hydrogen-bond donors (Lipinski definition) is 2. The van der Waals surface area contributed by atoms with Crippen LogP contribution in [0.1, 0.15) is 17.3 Å². The third-order valence-electron chi connectivity index (χ3n) is 1.63. The fourth-order valence-corrected chi connectivity index (χ4v) is 1.47. The summed E-state index contributed by atoms with van der Waals surface area (Å²) < 4.78 is 0.925. The van der Waals surface area contributed by atoms with E-state index in [0.29, 0.717) is 0 Å².